The van der Waals surface area contributed by atoms with Gasteiger partial charge in [-0.05, 0) is 29.0 Å². The van der Waals surface area contributed by atoms with Crippen LogP contribution in [0.1, 0.15) is 62.6 Å². The zero-order chi connectivity index (χ0) is 39.9. The van der Waals surface area contributed by atoms with Crippen molar-refractivity contribution in [2.75, 3.05) is 6.54 Å². The van der Waals surface area contributed by atoms with Crippen molar-refractivity contribution in [1.29, 1.82) is 0 Å². The summed E-state index contributed by atoms with van der Waals surface area (Å²) in [6.45, 7) is 4.00. The predicted octanol–water partition coefficient (Wildman–Crippen LogP) is -0.888. The molecular formula is C34H47N6O12P. The normalized spacial score (nSPS) is 14.6. The number of carbonyl (C=O) groups excluding carboxylic acids is 6. The number of carboxylic acids is 1. The van der Waals surface area contributed by atoms with Crippen molar-refractivity contribution in [2.24, 2.45) is 11.7 Å². The van der Waals surface area contributed by atoms with Crippen molar-refractivity contribution in [1.82, 2.24) is 26.6 Å². The topological polar surface area (TPSA) is 304 Å². The minimum Gasteiger partial charge on any atom is -0.481 e. The van der Waals surface area contributed by atoms with Crippen LogP contribution in [0.25, 0.3) is 0 Å². The Morgan fingerprint density at radius 1 is 0.774 bits per heavy atom. The maximum atomic E-state index is 13.5. The molecule has 0 aliphatic heterocycles. The summed E-state index contributed by atoms with van der Waals surface area (Å²) in [5.74, 6) is -8.46. The van der Waals surface area contributed by atoms with Crippen LogP contribution in [-0.2, 0) is 51.0 Å². The zero-order valence-corrected chi connectivity index (χ0v) is 30.4. The summed E-state index contributed by atoms with van der Waals surface area (Å²) >= 11 is 0. The number of aliphatic hydroxyl groups is 1. The highest BCUT2D eigenvalue weighted by atomic mass is 31.2. The second-order valence-electron chi connectivity index (χ2n) is 12.5. The number of primary amides is 1. The van der Waals surface area contributed by atoms with Gasteiger partial charge >= 0.3 is 13.6 Å². The summed E-state index contributed by atoms with van der Waals surface area (Å²) in [7, 11) is -4.87. The number of nitrogens with two attached hydrogens (primary N) is 1. The van der Waals surface area contributed by atoms with Gasteiger partial charge in [0, 0.05) is 26.2 Å². The van der Waals surface area contributed by atoms with E-state index in [1.54, 1.807) is 44.2 Å². The summed E-state index contributed by atoms with van der Waals surface area (Å²) in [4.78, 5) is 107. The van der Waals surface area contributed by atoms with Crippen molar-refractivity contribution >= 4 is 49.0 Å². The molecule has 6 amide bonds. The van der Waals surface area contributed by atoms with Crippen LogP contribution in [0, 0.1) is 5.92 Å². The van der Waals surface area contributed by atoms with Gasteiger partial charge in [-0.15, -0.1) is 0 Å². The molecule has 2 aromatic rings. The van der Waals surface area contributed by atoms with Gasteiger partial charge in [0.25, 0.3) is 0 Å². The quantitative estimate of drug-likeness (QED) is 0.0693. The van der Waals surface area contributed by atoms with Crippen LogP contribution < -0.4 is 32.3 Å². The molecular weight excluding hydrogens is 715 g/mol. The molecule has 0 saturated heterocycles. The van der Waals surface area contributed by atoms with Crippen LogP contribution in [0.3, 0.4) is 0 Å². The summed E-state index contributed by atoms with van der Waals surface area (Å²) < 4.78 is 11.5. The van der Waals surface area contributed by atoms with E-state index in [1.165, 1.54) is 31.2 Å². The highest BCUT2D eigenvalue weighted by Crippen LogP contribution is 2.49. The molecule has 0 spiro atoms. The fourth-order valence-corrected chi connectivity index (χ4v) is 5.63. The summed E-state index contributed by atoms with van der Waals surface area (Å²) in [5, 5.41) is 31.4. The molecule has 6 atom stereocenters. The third-order valence-corrected chi connectivity index (χ3v) is 9.12. The van der Waals surface area contributed by atoms with Gasteiger partial charge in [-0.25, -0.2) is 0 Å². The van der Waals surface area contributed by atoms with Crippen LogP contribution in [0.15, 0.2) is 54.6 Å². The fourth-order valence-electron chi connectivity index (χ4n) is 5.06. The molecule has 290 valence electrons. The average Bonchev–Trinajstić information content (AvgIpc) is 3.10. The monoisotopic (exact) mass is 762 g/mol. The third kappa shape index (κ3) is 15.2. The highest BCUT2D eigenvalue weighted by molar-refractivity contribution is 7.51. The second kappa shape index (κ2) is 20.8. The van der Waals surface area contributed by atoms with Crippen molar-refractivity contribution in [2.45, 2.75) is 82.9 Å². The molecule has 0 aromatic heterocycles. The van der Waals surface area contributed by atoms with Gasteiger partial charge < -0.3 is 52.3 Å². The lowest BCUT2D eigenvalue weighted by Crippen LogP contribution is -2.57. The van der Waals surface area contributed by atoms with Crippen LogP contribution >= 0.6 is 7.60 Å². The summed E-state index contributed by atoms with van der Waals surface area (Å²) in [6.07, 6.45) is -0.602. The van der Waals surface area contributed by atoms with Crippen molar-refractivity contribution in [3.05, 3.63) is 71.3 Å². The molecule has 18 nitrogen and oxygen atoms in total. The number of carbonyl (C=O) groups is 7. The van der Waals surface area contributed by atoms with E-state index < -0.39 is 92.0 Å². The number of benzene rings is 2. The molecule has 0 radical (unpaired) electrons. The number of hydrogen-bond donors (Lipinski definition) is 10. The Bertz CT molecular complexity index is 1650. The van der Waals surface area contributed by atoms with E-state index in [-0.39, 0.29) is 30.7 Å². The molecule has 19 heteroatoms. The van der Waals surface area contributed by atoms with Crippen molar-refractivity contribution < 1.29 is 58.1 Å². The van der Waals surface area contributed by atoms with Crippen molar-refractivity contribution in [3.63, 3.8) is 0 Å². The smallest absolute Gasteiger partial charge is 0.358 e. The molecule has 53 heavy (non-hydrogen) atoms. The maximum absolute atomic E-state index is 13.5. The zero-order valence-electron chi connectivity index (χ0n) is 29.5. The Morgan fingerprint density at radius 3 is 1.87 bits per heavy atom. The van der Waals surface area contributed by atoms with E-state index in [0.29, 0.717) is 17.5 Å². The Labute approximate surface area is 305 Å². The van der Waals surface area contributed by atoms with Gasteiger partial charge in [-0.1, -0.05) is 74.9 Å². The summed E-state index contributed by atoms with van der Waals surface area (Å²) in [5.41, 5.74) is 6.43. The molecule has 0 saturated carbocycles. The van der Waals surface area contributed by atoms with E-state index in [0.717, 1.165) is 0 Å². The minimum absolute atomic E-state index is 0.0253. The van der Waals surface area contributed by atoms with Gasteiger partial charge in [0.2, 0.25) is 35.4 Å². The second-order valence-corrected chi connectivity index (χ2v) is 14.1. The molecule has 0 fully saturated rings. The predicted molar refractivity (Wildman–Crippen MR) is 189 cm³/mol. The van der Waals surface area contributed by atoms with Gasteiger partial charge in [-0.3, -0.25) is 38.1 Å². The van der Waals surface area contributed by atoms with Crippen molar-refractivity contribution in [3.8, 4) is 0 Å². The lowest BCUT2D eigenvalue weighted by molar-refractivity contribution is -0.138. The van der Waals surface area contributed by atoms with E-state index in [2.05, 4.69) is 26.6 Å². The lowest BCUT2D eigenvalue weighted by Gasteiger charge is -2.26. The van der Waals surface area contributed by atoms with Gasteiger partial charge in [0.1, 0.15) is 24.2 Å². The fraction of sp³-hybridized carbons (Fsp3) is 0.441. The molecule has 2 rings (SSSR count). The maximum Gasteiger partial charge on any atom is 0.358 e. The highest BCUT2D eigenvalue weighted by Gasteiger charge is 2.32. The molecule has 0 bridgehead atoms. The minimum atomic E-state index is -4.87. The number of rotatable bonds is 21. The number of nitrogens with one attached hydrogen (secondary N) is 5. The molecule has 11 N–H and O–H groups in total. The molecule has 1 unspecified atom stereocenters. The molecule has 0 heterocycles. The molecule has 0 aliphatic carbocycles. The standard InChI is InChI=1S/C34H47N6O12P/c1-4-19(2)29(37-20(3)41)33(48)40-26(17-22-10-12-23(13-11-22)34(49)53(50,51)52)31(46)36-18-27(42)38-24(14-15-28(43)44)32(47)39-25(30(35)45)16-21-8-6-5-7-9-21/h5-13,19,24-26,29,34,49H,4,14-18H2,1-3H3,(H2,35,45)(H,36,46)(H,37,41)(H,38,42)(H,39,47)(H,40,48)(H,43,44)(H2,50,51,52)/t19-,24-,25-,26-,29-,34?/m0/s1. The number of amides is 6. The van der Waals surface area contributed by atoms with E-state index in [1.807, 2.05) is 0 Å². The van der Waals surface area contributed by atoms with Crippen LogP contribution in [0.2, 0.25) is 0 Å². The molecule has 2 aromatic carbocycles. The third-order valence-electron chi connectivity index (χ3n) is 8.19. The lowest BCUT2D eigenvalue weighted by atomic mass is 9.97. The Morgan fingerprint density at radius 2 is 1.34 bits per heavy atom. The van der Waals surface area contributed by atoms with Crippen LogP contribution in [0.5, 0.6) is 0 Å². The first-order valence-corrected chi connectivity index (χ1v) is 18.3. The first-order valence-electron chi connectivity index (χ1n) is 16.6. The Kier molecular flexibility index (Phi) is 17.2. The van der Waals surface area contributed by atoms with Crippen LogP contribution in [-0.4, -0.2) is 92.1 Å². The number of hydrogen-bond acceptors (Lipinski definition) is 9. The Balaban J connectivity index is 2.25. The van der Waals surface area contributed by atoms with E-state index >= 15 is 0 Å². The number of carboxylic acid groups (broad SMARTS) is 1. The SMILES string of the molecule is CC[C@H](C)[C@H](NC(C)=O)C(=O)N[C@@H](Cc1ccc(C(O)P(=O)(O)O)cc1)C(=O)NCC(=O)N[C@@H](CCC(=O)O)C(=O)N[C@@H](Cc1ccccc1)C(N)=O. The molecule has 0 aliphatic rings. The largest absolute Gasteiger partial charge is 0.481 e. The van der Waals surface area contributed by atoms with Gasteiger partial charge in [-0.2, -0.15) is 0 Å². The number of aliphatic hydroxyl groups excluding tert-OH is 1. The number of aliphatic carboxylic acids is 1. The first kappa shape index (κ1) is 44.0. The first-order chi connectivity index (χ1) is 24.8. The van der Waals surface area contributed by atoms with Gasteiger partial charge in [0.15, 0.2) is 5.85 Å². The van der Waals surface area contributed by atoms with Crippen LogP contribution in [0.4, 0.5) is 0 Å². The average molecular weight is 763 g/mol. The summed E-state index contributed by atoms with van der Waals surface area (Å²) in [6, 6.07) is 8.78. The van der Waals surface area contributed by atoms with E-state index in [9.17, 15) is 58.1 Å². The van der Waals surface area contributed by atoms with E-state index in [4.69, 9.17) is 5.73 Å². The Hall–Kier alpha value is -5.16. The van der Waals surface area contributed by atoms with Gasteiger partial charge in [0.05, 0.1) is 6.54 Å².